The third-order valence-electron chi connectivity index (χ3n) is 2.96. The Balaban J connectivity index is 0.00000120. The molecule has 92 valence electrons. The number of rotatable bonds is 2. The van der Waals surface area contributed by atoms with Gasteiger partial charge in [-0.05, 0) is 17.7 Å². The third-order valence-corrected chi connectivity index (χ3v) is 2.96. The SMILES string of the molecule is C.c1ccc(C2=NN(c3ccccc3)CC2)cc1. The van der Waals surface area contributed by atoms with Crippen LogP contribution in [-0.4, -0.2) is 12.3 Å². The second-order valence-electron chi connectivity index (χ2n) is 4.12. The maximum Gasteiger partial charge on any atom is 0.0700 e. The van der Waals surface area contributed by atoms with Crippen LogP contribution < -0.4 is 5.01 Å². The van der Waals surface area contributed by atoms with Crippen LogP contribution in [0.25, 0.3) is 0 Å². The molecular weight excluding hydrogens is 220 g/mol. The lowest BCUT2D eigenvalue weighted by Gasteiger charge is -2.12. The van der Waals surface area contributed by atoms with Crippen LogP contribution in [0.5, 0.6) is 0 Å². The fourth-order valence-electron chi connectivity index (χ4n) is 2.08. The monoisotopic (exact) mass is 238 g/mol. The topological polar surface area (TPSA) is 15.6 Å². The number of para-hydroxylation sites is 1. The molecule has 0 saturated heterocycles. The molecule has 1 aliphatic rings. The van der Waals surface area contributed by atoms with E-state index in [0.29, 0.717) is 0 Å². The summed E-state index contributed by atoms with van der Waals surface area (Å²) in [5.41, 5.74) is 3.57. The molecule has 2 aromatic carbocycles. The van der Waals surface area contributed by atoms with Crippen LogP contribution in [0.15, 0.2) is 65.8 Å². The van der Waals surface area contributed by atoms with Crippen molar-refractivity contribution >= 4 is 11.4 Å². The van der Waals surface area contributed by atoms with E-state index in [1.165, 1.54) is 17.0 Å². The average molecular weight is 238 g/mol. The van der Waals surface area contributed by atoms with Gasteiger partial charge >= 0.3 is 0 Å². The van der Waals surface area contributed by atoms with Gasteiger partial charge in [0.25, 0.3) is 0 Å². The zero-order chi connectivity index (χ0) is 11.5. The molecule has 0 bridgehead atoms. The number of anilines is 1. The predicted octanol–water partition coefficient (Wildman–Crippen LogP) is 3.94. The molecular formula is C16H18N2. The first-order valence-corrected chi connectivity index (χ1v) is 5.89. The van der Waals surface area contributed by atoms with Crippen molar-refractivity contribution in [3.63, 3.8) is 0 Å². The van der Waals surface area contributed by atoms with E-state index in [4.69, 9.17) is 0 Å². The van der Waals surface area contributed by atoms with Crippen LogP contribution in [0.1, 0.15) is 19.4 Å². The molecule has 18 heavy (non-hydrogen) atoms. The summed E-state index contributed by atoms with van der Waals surface area (Å²) >= 11 is 0. The number of hydrogen-bond donors (Lipinski definition) is 0. The Morgan fingerprint density at radius 1 is 0.833 bits per heavy atom. The van der Waals surface area contributed by atoms with E-state index < -0.39 is 0 Å². The first-order valence-electron chi connectivity index (χ1n) is 5.89. The summed E-state index contributed by atoms with van der Waals surface area (Å²) in [5, 5.41) is 6.75. The Labute approximate surface area is 109 Å². The van der Waals surface area contributed by atoms with Gasteiger partial charge in [0.15, 0.2) is 0 Å². The molecule has 1 aliphatic heterocycles. The summed E-state index contributed by atoms with van der Waals surface area (Å²) in [6, 6.07) is 20.7. The molecule has 2 aromatic rings. The second-order valence-corrected chi connectivity index (χ2v) is 4.12. The van der Waals surface area contributed by atoms with E-state index in [9.17, 15) is 0 Å². The molecule has 1 heterocycles. The Morgan fingerprint density at radius 2 is 1.44 bits per heavy atom. The van der Waals surface area contributed by atoms with Crippen molar-refractivity contribution in [2.24, 2.45) is 5.10 Å². The zero-order valence-corrected chi connectivity index (χ0v) is 9.58. The van der Waals surface area contributed by atoms with Crippen molar-refractivity contribution in [2.75, 3.05) is 11.6 Å². The van der Waals surface area contributed by atoms with Crippen LogP contribution in [0, 0.1) is 0 Å². The summed E-state index contributed by atoms with van der Waals surface area (Å²) in [7, 11) is 0. The summed E-state index contributed by atoms with van der Waals surface area (Å²) in [6.07, 6.45) is 1.01. The smallest absolute Gasteiger partial charge is 0.0700 e. The van der Waals surface area contributed by atoms with Gasteiger partial charge in [-0.15, -0.1) is 0 Å². The number of nitrogens with zero attached hydrogens (tertiary/aromatic N) is 2. The lowest BCUT2D eigenvalue weighted by atomic mass is 10.1. The molecule has 2 heteroatoms. The van der Waals surface area contributed by atoms with Gasteiger partial charge in [0, 0.05) is 13.0 Å². The van der Waals surface area contributed by atoms with Crippen molar-refractivity contribution in [3.05, 3.63) is 66.2 Å². The van der Waals surface area contributed by atoms with Crippen molar-refractivity contribution in [2.45, 2.75) is 13.8 Å². The van der Waals surface area contributed by atoms with Crippen LogP contribution in [0.3, 0.4) is 0 Å². The van der Waals surface area contributed by atoms with E-state index in [1.807, 2.05) is 24.3 Å². The molecule has 0 aromatic heterocycles. The minimum Gasteiger partial charge on any atom is -0.265 e. The molecule has 0 radical (unpaired) electrons. The fourth-order valence-corrected chi connectivity index (χ4v) is 2.08. The van der Waals surface area contributed by atoms with E-state index >= 15 is 0 Å². The Bertz CT molecular complexity index is 517. The highest BCUT2D eigenvalue weighted by Crippen LogP contribution is 2.20. The minimum absolute atomic E-state index is 0. The van der Waals surface area contributed by atoms with Gasteiger partial charge in [0.05, 0.1) is 11.4 Å². The second kappa shape index (κ2) is 5.50. The third kappa shape index (κ3) is 2.43. The van der Waals surface area contributed by atoms with Gasteiger partial charge in [0.2, 0.25) is 0 Å². The average Bonchev–Trinajstić information content (AvgIpc) is 2.90. The first kappa shape index (κ1) is 12.4. The number of benzene rings is 2. The predicted molar refractivity (Wildman–Crippen MR) is 78.1 cm³/mol. The quantitative estimate of drug-likeness (QED) is 0.773. The fraction of sp³-hybridized carbons (Fsp3) is 0.188. The molecule has 3 rings (SSSR count). The Hall–Kier alpha value is -2.09. The highest BCUT2D eigenvalue weighted by atomic mass is 15.5. The van der Waals surface area contributed by atoms with Gasteiger partial charge in [-0.1, -0.05) is 56.0 Å². The van der Waals surface area contributed by atoms with Crippen LogP contribution in [0.4, 0.5) is 5.69 Å². The Kier molecular flexibility index (Phi) is 3.78. The van der Waals surface area contributed by atoms with Gasteiger partial charge in [-0.25, -0.2) is 0 Å². The maximum atomic E-state index is 4.68. The molecule has 0 unspecified atom stereocenters. The summed E-state index contributed by atoms with van der Waals surface area (Å²) < 4.78 is 0. The molecule has 0 aliphatic carbocycles. The molecule has 2 nitrogen and oxygen atoms in total. The Morgan fingerprint density at radius 3 is 2.11 bits per heavy atom. The molecule has 0 N–H and O–H groups in total. The van der Waals surface area contributed by atoms with E-state index in [1.54, 1.807) is 0 Å². The highest BCUT2D eigenvalue weighted by molar-refractivity contribution is 6.02. The van der Waals surface area contributed by atoms with Gasteiger partial charge in [0.1, 0.15) is 0 Å². The molecule has 0 spiro atoms. The van der Waals surface area contributed by atoms with Crippen molar-refractivity contribution in [3.8, 4) is 0 Å². The molecule has 0 saturated carbocycles. The van der Waals surface area contributed by atoms with Gasteiger partial charge < -0.3 is 0 Å². The largest absolute Gasteiger partial charge is 0.265 e. The lowest BCUT2D eigenvalue weighted by Crippen LogP contribution is -2.11. The van der Waals surface area contributed by atoms with Crippen LogP contribution in [0.2, 0.25) is 0 Å². The summed E-state index contributed by atoms with van der Waals surface area (Å²) in [5.74, 6) is 0. The van der Waals surface area contributed by atoms with Crippen molar-refractivity contribution in [1.82, 2.24) is 0 Å². The summed E-state index contributed by atoms with van der Waals surface area (Å²) in [6.45, 7) is 0.967. The van der Waals surface area contributed by atoms with E-state index in [2.05, 4.69) is 46.5 Å². The molecule has 0 fully saturated rings. The highest BCUT2D eigenvalue weighted by Gasteiger charge is 2.16. The normalized spacial score (nSPS) is 14.0. The minimum atomic E-state index is 0. The number of hydrazone groups is 1. The van der Waals surface area contributed by atoms with E-state index in [-0.39, 0.29) is 7.43 Å². The van der Waals surface area contributed by atoms with Crippen molar-refractivity contribution < 1.29 is 0 Å². The van der Waals surface area contributed by atoms with Crippen LogP contribution in [-0.2, 0) is 0 Å². The van der Waals surface area contributed by atoms with Crippen molar-refractivity contribution in [1.29, 1.82) is 0 Å². The lowest BCUT2D eigenvalue weighted by molar-refractivity contribution is 0.922. The zero-order valence-electron chi connectivity index (χ0n) is 9.58. The number of hydrogen-bond acceptors (Lipinski definition) is 2. The van der Waals surface area contributed by atoms with E-state index in [0.717, 1.165) is 13.0 Å². The first-order chi connectivity index (χ1) is 8.43. The van der Waals surface area contributed by atoms with Gasteiger partial charge in [-0.2, -0.15) is 5.10 Å². The standard InChI is InChI=1S/C15H14N2.CH4/c1-3-7-13(8-4-1)15-11-12-17(16-15)14-9-5-2-6-10-14;/h1-10H,11-12H2;1H4. The molecule has 0 amide bonds. The van der Waals surface area contributed by atoms with Gasteiger partial charge in [-0.3, -0.25) is 5.01 Å². The molecule has 0 atom stereocenters. The maximum absolute atomic E-state index is 4.68. The summed E-state index contributed by atoms with van der Waals surface area (Å²) in [4.78, 5) is 0. The van der Waals surface area contributed by atoms with Crippen LogP contribution >= 0.6 is 0 Å².